The van der Waals surface area contributed by atoms with Crippen LogP contribution in [0.4, 0.5) is 4.39 Å². The Balaban J connectivity index is 2.06. The number of hydrogen-bond donors (Lipinski definition) is 1. The third kappa shape index (κ3) is 2.69. The van der Waals surface area contributed by atoms with E-state index in [2.05, 4.69) is 21.2 Å². The molecule has 1 aliphatic heterocycles. The quantitative estimate of drug-likeness (QED) is 0.895. The van der Waals surface area contributed by atoms with Gasteiger partial charge in [-0.25, -0.2) is 4.39 Å². The Morgan fingerprint density at radius 2 is 2.07 bits per heavy atom. The molecule has 82 valence electrons. The largest absolute Gasteiger partial charge is 0.489 e. The summed E-state index contributed by atoms with van der Waals surface area (Å²) in [6.45, 7) is 1.94. The SMILES string of the molecule is Fc1cccc(OC2CCNCC2)c1Br. The molecule has 0 amide bonds. The van der Waals surface area contributed by atoms with Crippen LogP contribution < -0.4 is 10.1 Å². The minimum absolute atomic E-state index is 0.198. The van der Waals surface area contributed by atoms with Crippen LogP contribution in [0.25, 0.3) is 0 Å². The van der Waals surface area contributed by atoms with Crippen molar-refractivity contribution in [2.75, 3.05) is 13.1 Å². The highest BCUT2D eigenvalue weighted by Gasteiger charge is 2.16. The number of hydrogen-bond acceptors (Lipinski definition) is 2. The van der Waals surface area contributed by atoms with E-state index in [0.717, 1.165) is 25.9 Å². The van der Waals surface area contributed by atoms with E-state index in [1.807, 2.05) is 0 Å². The van der Waals surface area contributed by atoms with Gasteiger partial charge in [-0.15, -0.1) is 0 Å². The molecule has 1 aromatic carbocycles. The van der Waals surface area contributed by atoms with Crippen molar-refractivity contribution in [1.29, 1.82) is 0 Å². The van der Waals surface area contributed by atoms with E-state index in [9.17, 15) is 4.39 Å². The summed E-state index contributed by atoms with van der Waals surface area (Å²) in [4.78, 5) is 0. The maximum atomic E-state index is 13.2. The van der Waals surface area contributed by atoms with E-state index < -0.39 is 0 Å². The molecule has 0 atom stereocenters. The monoisotopic (exact) mass is 273 g/mol. The molecule has 1 fully saturated rings. The molecule has 0 bridgehead atoms. The summed E-state index contributed by atoms with van der Waals surface area (Å²) in [5.41, 5.74) is 0. The highest BCUT2D eigenvalue weighted by molar-refractivity contribution is 9.10. The standard InChI is InChI=1S/C11H13BrFNO/c12-11-9(13)2-1-3-10(11)15-8-4-6-14-7-5-8/h1-3,8,14H,4-7H2. The molecule has 1 saturated heterocycles. The smallest absolute Gasteiger partial charge is 0.141 e. The Morgan fingerprint density at radius 3 is 2.80 bits per heavy atom. The van der Waals surface area contributed by atoms with Crippen molar-refractivity contribution in [2.45, 2.75) is 18.9 Å². The van der Waals surface area contributed by atoms with Crippen LogP contribution in [0.5, 0.6) is 5.75 Å². The van der Waals surface area contributed by atoms with Gasteiger partial charge in [0.25, 0.3) is 0 Å². The van der Waals surface area contributed by atoms with Gasteiger partial charge in [0.2, 0.25) is 0 Å². The summed E-state index contributed by atoms with van der Waals surface area (Å²) >= 11 is 3.19. The molecule has 1 aliphatic rings. The molecule has 1 aromatic rings. The van der Waals surface area contributed by atoms with Gasteiger partial charge in [-0.05, 0) is 54.0 Å². The number of benzene rings is 1. The van der Waals surface area contributed by atoms with Crippen LogP contribution in [0.15, 0.2) is 22.7 Å². The molecular formula is C11H13BrFNO. The van der Waals surface area contributed by atoms with Crippen LogP contribution in [-0.4, -0.2) is 19.2 Å². The van der Waals surface area contributed by atoms with Crippen molar-refractivity contribution >= 4 is 15.9 Å². The van der Waals surface area contributed by atoms with Gasteiger partial charge in [0.15, 0.2) is 0 Å². The Hall–Kier alpha value is -0.610. The van der Waals surface area contributed by atoms with Crippen LogP contribution in [-0.2, 0) is 0 Å². The molecule has 4 heteroatoms. The molecule has 2 rings (SSSR count). The van der Waals surface area contributed by atoms with E-state index in [0.29, 0.717) is 10.2 Å². The molecular weight excluding hydrogens is 261 g/mol. The van der Waals surface area contributed by atoms with Gasteiger partial charge in [-0.3, -0.25) is 0 Å². The van der Waals surface area contributed by atoms with E-state index in [-0.39, 0.29) is 11.9 Å². The zero-order valence-corrected chi connectivity index (χ0v) is 9.89. The molecule has 0 spiro atoms. The van der Waals surface area contributed by atoms with Crippen LogP contribution in [0.2, 0.25) is 0 Å². The highest BCUT2D eigenvalue weighted by atomic mass is 79.9. The normalized spacial score (nSPS) is 17.7. The molecule has 15 heavy (non-hydrogen) atoms. The maximum Gasteiger partial charge on any atom is 0.141 e. The Labute approximate surface area is 96.9 Å². The average Bonchev–Trinajstić information content (AvgIpc) is 2.26. The molecule has 0 aliphatic carbocycles. The molecule has 0 aromatic heterocycles. The van der Waals surface area contributed by atoms with Crippen molar-refractivity contribution in [1.82, 2.24) is 5.32 Å². The van der Waals surface area contributed by atoms with Crippen molar-refractivity contribution in [3.05, 3.63) is 28.5 Å². The Bertz CT molecular complexity index is 339. The second kappa shape index (κ2) is 4.94. The fourth-order valence-corrected chi connectivity index (χ4v) is 2.03. The summed E-state index contributed by atoms with van der Waals surface area (Å²) < 4.78 is 19.4. The van der Waals surface area contributed by atoms with Gasteiger partial charge in [0.05, 0.1) is 4.47 Å². The number of piperidine rings is 1. The van der Waals surface area contributed by atoms with E-state index in [1.165, 1.54) is 6.07 Å². The van der Waals surface area contributed by atoms with E-state index >= 15 is 0 Å². The zero-order valence-electron chi connectivity index (χ0n) is 8.30. The Kier molecular flexibility index (Phi) is 3.59. The van der Waals surface area contributed by atoms with E-state index in [4.69, 9.17) is 4.74 Å². The number of rotatable bonds is 2. The second-order valence-electron chi connectivity index (χ2n) is 3.62. The van der Waals surface area contributed by atoms with Gasteiger partial charge >= 0.3 is 0 Å². The van der Waals surface area contributed by atoms with Gasteiger partial charge in [0.1, 0.15) is 17.7 Å². The fraction of sp³-hybridized carbons (Fsp3) is 0.455. The van der Waals surface area contributed by atoms with Gasteiger partial charge in [-0.2, -0.15) is 0 Å². The summed E-state index contributed by atoms with van der Waals surface area (Å²) in [6, 6.07) is 4.87. The minimum atomic E-state index is -0.276. The van der Waals surface area contributed by atoms with Crippen LogP contribution >= 0.6 is 15.9 Å². The van der Waals surface area contributed by atoms with E-state index in [1.54, 1.807) is 12.1 Å². The van der Waals surface area contributed by atoms with Crippen LogP contribution in [0, 0.1) is 5.82 Å². The molecule has 2 nitrogen and oxygen atoms in total. The van der Waals surface area contributed by atoms with Crippen molar-refractivity contribution < 1.29 is 9.13 Å². The fourth-order valence-electron chi connectivity index (χ4n) is 1.67. The second-order valence-corrected chi connectivity index (χ2v) is 4.41. The molecule has 1 heterocycles. The first-order valence-corrected chi connectivity index (χ1v) is 5.88. The summed E-state index contributed by atoms with van der Waals surface area (Å²) in [5.74, 6) is 0.323. The third-order valence-corrected chi connectivity index (χ3v) is 3.27. The lowest BCUT2D eigenvalue weighted by atomic mass is 10.1. The van der Waals surface area contributed by atoms with Gasteiger partial charge < -0.3 is 10.1 Å². The first kappa shape index (κ1) is 10.9. The third-order valence-electron chi connectivity index (χ3n) is 2.50. The topological polar surface area (TPSA) is 21.3 Å². The van der Waals surface area contributed by atoms with Crippen LogP contribution in [0.1, 0.15) is 12.8 Å². The minimum Gasteiger partial charge on any atom is -0.489 e. The lowest BCUT2D eigenvalue weighted by Gasteiger charge is -2.24. The Morgan fingerprint density at radius 1 is 1.33 bits per heavy atom. The predicted molar refractivity (Wildman–Crippen MR) is 60.6 cm³/mol. The zero-order chi connectivity index (χ0) is 10.7. The van der Waals surface area contributed by atoms with Gasteiger partial charge in [-0.1, -0.05) is 6.07 Å². The van der Waals surface area contributed by atoms with Gasteiger partial charge in [0, 0.05) is 0 Å². The first-order valence-electron chi connectivity index (χ1n) is 5.09. The number of halogens is 2. The molecule has 0 radical (unpaired) electrons. The maximum absolute atomic E-state index is 13.2. The van der Waals surface area contributed by atoms with Crippen molar-refractivity contribution in [2.24, 2.45) is 0 Å². The summed E-state index contributed by atoms with van der Waals surface area (Å²) in [5, 5.41) is 3.26. The predicted octanol–water partition coefficient (Wildman–Crippen LogP) is 2.72. The lowest BCUT2D eigenvalue weighted by molar-refractivity contribution is 0.161. The average molecular weight is 274 g/mol. The molecule has 1 N–H and O–H groups in total. The van der Waals surface area contributed by atoms with Crippen molar-refractivity contribution in [3.8, 4) is 5.75 Å². The van der Waals surface area contributed by atoms with Crippen molar-refractivity contribution in [3.63, 3.8) is 0 Å². The first-order chi connectivity index (χ1) is 7.27. The van der Waals surface area contributed by atoms with Crippen LogP contribution in [0.3, 0.4) is 0 Å². The number of nitrogens with one attached hydrogen (secondary N) is 1. The number of ether oxygens (including phenoxy) is 1. The lowest BCUT2D eigenvalue weighted by Crippen LogP contribution is -2.34. The summed E-state index contributed by atoms with van der Waals surface area (Å²) in [7, 11) is 0. The molecule has 0 saturated carbocycles. The highest BCUT2D eigenvalue weighted by Crippen LogP contribution is 2.29. The molecule has 0 unspecified atom stereocenters. The summed E-state index contributed by atoms with van der Waals surface area (Å²) in [6.07, 6.45) is 2.15.